The van der Waals surface area contributed by atoms with Crippen molar-refractivity contribution in [1.82, 2.24) is 9.88 Å². The fraction of sp³-hybridized carbons (Fsp3) is 0.194. The predicted molar refractivity (Wildman–Crippen MR) is 161 cm³/mol. The summed E-state index contributed by atoms with van der Waals surface area (Å²) in [5.41, 5.74) is 5.88. The lowest BCUT2D eigenvalue weighted by molar-refractivity contribution is 0.248. The first-order valence-corrected chi connectivity index (χ1v) is 14.1. The van der Waals surface area contributed by atoms with Crippen molar-refractivity contribution < 1.29 is 9.15 Å². The van der Waals surface area contributed by atoms with Crippen LogP contribution in [0.5, 0.6) is 11.5 Å². The van der Waals surface area contributed by atoms with Crippen LogP contribution in [-0.2, 0) is 13.0 Å². The Morgan fingerprint density at radius 3 is 2.30 bits per heavy atom. The lowest BCUT2D eigenvalue weighted by Crippen LogP contribution is -2.22. The number of allylic oxidation sites excluding steroid dienone is 1. The Morgan fingerprint density at radius 1 is 0.850 bits per heavy atom. The van der Waals surface area contributed by atoms with Crippen molar-refractivity contribution in [2.45, 2.75) is 38.8 Å². The molecule has 0 radical (unpaired) electrons. The second-order valence-electron chi connectivity index (χ2n) is 10.3. The number of aromatic nitrogens is 1. The highest BCUT2D eigenvalue weighted by Crippen LogP contribution is 2.34. The molecule has 2 heterocycles. The van der Waals surface area contributed by atoms with Crippen LogP contribution in [0.1, 0.15) is 47.0 Å². The summed E-state index contributed by atoms with van der Waals surface area (Å²) >= 11 is 0. The minimum atomic E-state index is 0.451. The van der Waals surface area contributed by atoms with E-state index in [1.54, 1.807) is 0 Å². The first-order chi connectivity index (χ1) is 19.7. The molecule has 0 N–H and O–H groups in total. The van der Waals surface area contributed by atoms with Gasteiger partial charge in [0.15, 0.2) is 0 Å². The molecule has 0 unspecified atom stereocenters. The first-order valence-electron chi connectivity index (χ1n) is 14.1. The van der Waals surface area contributed by atoms with Crippen molar-refractivity contribution >= 4 is 6.08 Å². The van der Waals surface area contributed by atoms with Gasteiger partial charge in [-0.25, -0.2) is 4.98 Å². The standard InChI is InChI=1S/C36H34N2O2/c1-27-34(37-36(39-27)31-11-4-2-5-12-31)15-8-10-28-17-21-30(22-18-28)35-16-9-25-38(35)26-29-19-23-33(24-20-29)40-32-13-6-3-7-14-32/h2-8,10-14,17-24,35H,9,15-16,25-26H2,1H3/b10-8+/t35-/m1/s1. The van der Waals surface area contributed by atoms with Crippen LogP contribution in [0.25, 0.3) is 17.5 Å². The average molecular weight is 527 g/mol. The molecular weight excluding hydrogens is 492 g/mol. The quantitative estimate of drug-likeness (QED) is 0.192. The van der Waals surface area contributed by atoms with Gasteiger partial charge in [-0.15, -0.1) is 0 Å². The van der Waals surface area contributed by atoms with E-state index in [0.29, 0.717) is 11.9 Å². The molecule has 6 rings (SSSR count). The lowest BCUT2D eigenvalue weighted by Gasteiger charge is -2.25. The molecule has 1 fully saturated rings. The van der Waals surface area contributed by atoms with Crippen LogP contribution < -0.4 is 4.74 Å². The molecule has 0 bridgehead atoms. The molecule has 0 spiro atoms. The normalized spacial score (nSPS) is 15.6. The Hall–Kier alpha value is -4.41. The number of benzene rings is 4. The molecule has 200 valence electrons. The Bertz CT molecular complexity index is 1540. The maximum atomic E-state index is 5.96. The SMILES string of the molecule is Cc1oc(-c2ccccc2)nc1C/C=C/c1ccc([C@H]2CCCN2Cc2ccc(Oc3ccccc3)cc2)cc1. The molecule has 0 amide bonds. The second-order valence-corrected chi connectivity index (χ2v) is 10.3. The number of nitrogens with zero attached hydrogens (tertiary/aromatic N) is 2. The van der Waals surface area contributed by atoms with Crippen LogP contribution >= 0.6 is 0 Å². The van der Waals surface area contributed by atoms with Crippen LogP contribution in [0, 0.1) is 6.92 Å². The molecule has 1 atom stereocenters. The van der Waals surface area contributed by atoms with Crippen molar-refractivity contribution in [3.8, 4) is 23.0 Å². The van der Waals surface area contributed by atoms with Crippen molar-refractivity contribution in [3.63, 3.8) is 0 Å². The third-order valence-corrected chi connectivity index (χ3v) is 7.51. The third kappa shape index (κ3) is 6.24. The van der Waals surface area contributed by atoms with Crippen LogP contribution in [-0.4, -0.2) is 16.4 Å². The van der Waals surface area contributed by atoms with Crippen LogP contribution in [0.15, 0.2) is 120 Å². The van der Waals surface area contributed by atoms with Gasteiger partial charge in [0.1, 0.15) is 17.3 Å². The van der Waals surface area contributed by atoms with Crippen molar-refractivity contribution in [2.75, 3.05) is 6.54 Å². The molecule has 40 heavy (non-hydrogen) atoms. The molecular formula is C36H34N2O2. The highest BCUT2D eigenvalue weighted by Gasteiger charge is 2.25. The number of aryl methyl sites for hydroxylation is 1. The van der Waals surface area contributed by atoms with Gasteiger partial charge in [-0.2, -0.15) is 0 Å². The van der Waals surface area contributed by atoms with Gasteiger partial charge in [0, 0.05) is 24.6 Å². The van der Waals surface area contributed by atoms with E-state index in [0.717, 1.165) is 48.0 Å². The van der Waals surface area contributed by atoms with E-state index in [-0.39, 0.29) is 0 Å². The number of hydrogen-bond donors (Lipinski definition) is 0. The Morgan fingerprint density at radius 2 is 1.55 bits per heavy atom. The van der Waals surface area contributed by atoms with Gasteiger partial charge in [0.25, 0.3) is 0 Å². The molecule has 4 nitrogen and oxygen atoms in total. The van der Waals surface area contributed by atoms with Crippen molar-refractivity contribution in [2.24, 2.45) is 0 Å². The van der Waals surface area contributed by atoms with Gasteiger partial charge >= 0.3 is 0 Å². The topological polar surface area (TPSA) is 38.5 Å². The van der Waals surface area contributed by atoms with Crippen LogP contribution in [0.4, 0.5) is 0 Å². The van der Waals surface area contributed by atoms with Crippen molar-refractivity contribution in [3.05, 3.63) is 143 Å². The number of likely N-dealkylation sites (tertiary alicyclic amines) is 1. The predicted octanol–water partition coefficient (Wildman–Crippen LogP) is 9.04. The lowest BCUT2D eigenvalue weighted by atomic mass is 10.0. The number of ether oxygens (including phenoxy) is 1. The van der Waals surface area contributed by atoms with Crippen LogP contribution in [0.2, 0.25) is 0 Å². The molecule has 1 aliphatic heterocycles. The van der Waals surface area contributed by atoms with Gasteiger partial charge in [0.05, 0.1) is 5.69 Å². The monoisotopic (exact) mass is 526 g/mol. The smallest absolute Gasteiger partial charge is 0.226 e. The highest BCUT2D eigenvalue weighted by atomic mass is 16.5. The molecule has 4 heteroatoms. The van der Waals surface area contributed by atoms with Gasteiger partial charge in [-0.1, -0.05) is 84.9 Å². The summed E-state index contributed by atoms with van der Waals surface area (Å²) < 4.78 is 11.9. The molecule has 1 saturated heterocycles. The summed E-state index contributed by atoms with van der Waals surface area (Å²) in [5, 5.41) is 0. The zero-order chi connectivity index (χ0) is 27.1. The van der Waals surface area contributed by atoms with E-state index in [9.17, 15) is 0 Å². The number of hydrogen-bond acceptors (Lipinski definition) is 4. The summed E-state index contributed by atoms with van der Waals surface area (Å²) in [7, 11) is 0. The van der Waals surface area contributed by atoms with E-state index in [4.69, 9.17) is 14.1 Å². The third-order valence-electron chi connectivity index (χ3n) is 7.51. The van der Waals surface area contributed by atoms with E-state index in [1.165, 1.54) is 29.5 Å². The number of para-hydroxylation sites is 1. The first kappa shape index (κ1) is 25.8. The largest absolute Gasteiger partial charge is 0.457 e. The zero-order valence-electron chi connectivity index (χ0n) is 22.9. The molecule has 0 aliphatic carbocycles. The summed E-state index contributed by atoms with van der Waals surface area (Å²) in [6.45, 7) is 4.05. The van der Waals surface area contributed by atoms with E-state index < -0.39 is 0 Å². The fourth-order valence-electron chi connectivity index (χ4n) is 5.37. The Labute approximate surface area is 236 Å². The Balaban J connectivity index is 1.05. The molecule has 1 aromatic heterocycles. The van der Waals surface area contributed by atoms with Gasteiger partial charge < -0.3 is 9.15 Å². The van der Waals surface area contributed by atoms with Crippen LogP contribution in [0.3, 0.4) is 0 Å². The van der Waals surface area contributed by atoms with Crippen molar-refractivity contribution in [1.29, 1.82) is 0 Å². The minimum Gasteiger partial charge on any atom is -0.457 e. The summed E-state index contributed by atoms with van der Waals surface area (Å²) in [6.07, 6.45) is 7.51. The highest BCUT2D eigenvalue weighted by molar-refractivity contribution is 5.54. The van der Waals surface area contributed by atoms with E-state index >= 15 is 0 Å². The second kappa shape index (κ2) is 12.2. The fourth-order valence-corrected chi connectivity index (χ4v) is 5.37. The summed E-state index contributed by atoms with van der Waals surface area (Å²) in [4.78, 5) is 7.31. The molecule has 4 aromatic carbocycles. The molecule has 5 aromatic rings. The van der Waals surface area contributed by atoms with Gasteiger partial charge in [-0.05, 0) is 79.4 Å². The maximum Gasteiger partial charge on any atom is 0.226 e. The van der Waals surface area contributed by atoms with E-state index in [2.05, 4.69) is 65.6 Å². The Kier molecular flexibility index (Phi) is 7.87. The van der Waals surface area contributed by atoms with Gasteiger partial charge in [-0.3, -0.25) is 4.90 Å². The zero-order valence-corrected chi connectivity index (χ0v) is 22.9. The maximum absolute atomic E-state index is 5.96. The summed E-state index contributed by atoms with van der Waals surface area (Å²) in [5.74, 6) is 3.28. The number of rotatable bonds is 9. The van der Waals surface area contributed by atoms with E-state index in [1.807, 2.05) is 67.6 Å². The van der Waals surface area contributed by atoms with Gasteiger partial charge in [0.2, 0.25) is 5.89 Å². The molecule has 0 saturated carbocycles. The molecule has 1 aliphatic rings. The summed E-state index contributed by atoms with van der Waals surface area (Å²) in [6, 6.07) is 37.9. The average Bonchev–Trinajstić information content (AvgIpc) is 3.62. The minimum absolute atomic E-state index is 0.451. The number of oxazole rings is 1.